The van der Waals surface area contributed by atoms with Crippen molar-refractivity contribution in [2.75, 3.05) is 24.6 Å². The summed E-state index contributed by atoms with van der Waals surface area (Å²) in [6.07, 6.45) is -0.195. The Morgan fingerprint density at radius 1 is 0.714 bits per heavy atom. The molecule has 0 aliphatic carbocycles. The number of hydrogen-bond donors (Lipinski definition) is 4. The van der Waals surface area contributed by atoms with Gasteiger partial charge in [-0.25, -0.2) is 9.59 Å². The summed E-state index contributed by atoms with van der Waals surface area (Å²) in [6, 6.07) is 15.2. The van der Waals surface area contributed by atoms with Gasteiger partial charge >= 0.3 is 11.9 Å². The van der Waals surface area contributed by atoms with E-state index in [4.69, 9.17) is 0 Å². The molecule has 2 aliphatic heterocycles. The molecule has 6 atom stereocenters. The summed E-state index contributed by atoms with van der Waals surface area (Å²) >= 11 is 0. The number of nitrogens with zero attached hydrogens (tertiary/aromatic N) is 2. The number of benzene rings is 2. The number of aliphatic hydroxyl groups is 2. The van der Waals surface area contributed by atoms with Crippen LogP contribution in [-0.4, -0.2) is 90.7 Å². The molecule has 42 heavy (non-hydrogen) atoms. The third-order valence-corrected chi connectivity index (χ3v) is 10.8. The predicted molar refractivity (Wildman–Crippen MR) is 159 cm³/mol. The fraction of sp³-hybridized carbons (Fsp3) is 0.467. The van der Waals surface area contributed by atoms with Crippen LogP contribution in [0.1, 0.15) is 37.8 Å². The standard InChI is InChI=1S/C30H36N2O8S2/c1-19(25(33)31-17-29(39,13-23(31)27(35)36)21-9-5-3-6-10-21)15-41-42-16-20(2)26(34)32-18-30(40,14-24(32)28(37)38)22-11-7-4-8-12-22/h3-12,19-20,23-24,39-40H,13-18H2,1-2H3,(H,35,36)(H,37,38)/t19?,20?,23-,24-,29-,30-/m0/s1. The molecule has 10 nitrogen and oxygen atoms in total. The number of carboxylic acid groups (broad SMARTS) is 2. The first-order valence-corrected chi connectivity index (χ1v) is 16.2. The topological polar surface area (TPSA) is 156 Å². The third-order valence-electron chi connectivity index (χ3n) is 8.00. The van der Waals surface area contributed by atoms with Gasteiger partial charge in [0, 0.05) is 36.2 Å². The number of carboxylic acids is 2. The highest BCUT2D eigenvalue weighted by molar-refractivity contribution is 8.76. The van der Waals surface area contributed by atoms with Gasteiger partial charge in [0.05, 0.1) is 13.1 Å². The number of amides is 2. The number of hydrogen-bond acceptors (Lipinski definition) is 8. The molecule has 2 aromatic rings. The van der Waals surface area contributed by atoms with E-state index < -0.39 is 47.1 Å². The molecule has 0 saturated carbocycles. The van der Waals surface area contributed by atoms with Gasteiger partial charge in [-0.2, -0.15) is 0 Å². The van der Waals surface area contributed by atoms with E-state index in [-0.39, 0.29) is 37.7 Å². The zero-order valence-corrected chi connectivity index (χ0v) is 25.1. The molecule has 2 heterocycles. The summed E-state index contributed by atoms with van der Waals surface area (Å²) < 4.78 is 0. The van der Waals surface area contributed by atoms with E-state index in [1.54, 1.807) is 74.5 Å². The van der Waals surface area contributed by atoms with Crippen molar-refractivity contribution < 1.29 is 39.6 Å². The maximum absolute atomic E-state index is 13.3. The number of rotatable bonds is 11. The van der Waals surface area contributed by atoms with Gasteiger partial charge in [-0.1, -0.05) is 96.1 Å². The molecule has 2 aromatic carbocycles. The normalized spacial score (nSPS) is 27.0. The minimum Gasteiger partial charge on any atom is -0.480 e. The molecule has 0 radical (unpaired) electrons. The highest BCUT2D eigenvalue weighted by Gasteiger charge is 2.50. The predicted octanol–water partition coefficient (Wildman–Crippen LogP) is 2.79. The molecule has 4 rings (SSSR count). The first-order valence-electron chi connectivity index (χ1n) is 13.7. The first kappa shape index (κ1) is 31.9. The summed E-state index contributed by atoms with van der Waals surface area (Å²) in [6.45, 7) is 3.18. The Bertz CT molecular complexity index is 1200. The second-order valence-electron chi connectivity index (χ2n) is 11.2. The minimum atomic E-state index is -1.45. The van der Waals surface area contributed by atoms with E-state index in [1.165, 1.54) is 31.4 Å². The van der Waals surface area contributed by atoms with Gasteiger partial charge in [-0.05, 0) is 11.1 Å². The van der Waals surface area contributed by atoms with Crippen LogP contribution in [0.25, 0.3) is 0 Å². The zero-order valence-electron chi connectivity index (χ0n) is 23.5. The fourth-order valence-electron chi connectivity index (χ4n) is 5.60. The van der Waals surface area contributed by atoms with Crippen LogP contribution >= 0.6 is 21.6 Å². The van der Waals surface area contributed by atoms with Crippen LogP contribution in [0.3, 0.4) is 0 Å². The van der Waals surface area contributed by atoms with Crippen molar-refractivity contribution in [3.05, 3.63) is 71.8 Å². The Morgan fingerprint density at radius 3 is 1.36 bits per heavy atom. The third kappa shape index (κ3) is 6.77. The second-order valence-corrected chi connectivity index (χ2v) is 13.8. The minimum absolute atomic E-state index is 0.0977. The Labute approximate surface area is 252 Å². The first-order chi connectivity index (χ1) is 19.9. The van der Waals surface area contributed by atoms with E-state index in [1.807, 2.05) is 0 Å². The van der Waals surface area contributed by atoms with Gasteiger partial charge in [0.25, 0.3) is 0 Å². The molecule has 0 bridgehead atoms. The Hall–Kier alpha value is -3.06. The van der Waals surface area contributed by atoms with Crippen molar-refractivity contribution >= 4 is 45.3 Å². The van der Waals surface area contributed by atoms with Gasteiger partial charge in [0.2, 0.25) is 11.8 Å². The maximum atomic E-state index is 13.3. The lowest BCUT2D eigenvalue weighted by Crippen LogP contribution is -2.44. The maximum Gasteiger partial charge on any atom is 0.326 e. The molecule has 4 N–H and O–H groups in total. The summed E-state index contributed by atoms with van der Waals surface area (Å²) in [5.41, 5.74) is -1.78. The van der Waals surface area contributed by atoms with Gasteiger partial charge in [0.1, 0.15) is 23.3 Å². The van der Waals surface area contributed by atoms with Gasteiger partial charge < -0.3 is 30.2 Å². The number of likely N-dealkylation sites (tertiary alicyclic amines) is 2. The van der Waals surface area contributed by atoms with Crippen LogP contribution in [-0.2, 0) is 30.4 Å². The molecule has 0 spiro atoms. The van der Waals surface area contributed by atoms with Crippen LogP contribution in [0.2, 0.25) is 0 Å². The lowest BCUT2D eigenvalue weighted by Gasteiger charge is -2.27. The molecule has 0 aromatic heterocycles. The van der Waals surface area contributed by atoms with E-state index >= 15 is 0 Å². The number of β-amino-alcohol motifs (C(OH)–C–C–N with tert-alkyl or cyclic N) is 2. The van der Waals surface area contributed by atoms with Gasteiger partial charge in [-0.15, -0.1) is 0 Å². The summed E-state index contributed by atoms with van der Waals surface area (Å²) in [5.74, 6) is -3.44. The summed E-state index contributed by atoms with van der Waals surface area (Å²) in [4.78, 5) is 52.9. The van der Waals surface area contributed by atoms with E-state index in [0.717, 1.165) is 0 Å². The van der Waals surface area contributed by atoms with Gasteiger partial charge in [0.15, 0.2) is 0 Å². The van der Waals surface area contributed by atoms with Crippen LogP contribution in [0.15, 0.2) is 60.7 Å². The highest BCUT2D eigenvalue weighted by atomic mass is 33.1. The monoisotopic (exact) mass is 616 g/mol. The molecule has 2 saturated heterocycles. The van der Waals surface area contributed by atoms with Crippen molar-refractivity contribution in [3.8, 4) is 0 Å². The Kier molecular flexibility index (Phi) is 9.92. The number of aliphatic carboxylic acids is 2. The molecular formula is C30H36N2O8S2. The molecule has 2 aliphatic rings. The molecule has 12 heteroatoms. The highest BCUT2D eigenvalue weighted by Crippen LogP contribution is 2.39. The van der Waals surface area contributed by atoms with E-state index in [0.29, 0.717) is 22.6 Å². The number of carbonyl (C=O) groups excluding carboxylic acids is 2. The lowest BCUT2D eigenvalue weighted by molar-refractivity contribution is -0.149. The average molecular weight is 617 g/mol. The van der Waals surface area contributed by atoms with Crippen molar-refractivity contribution in [2.24, 2.45) is 11.8 Å². The van der Waals surface area contributed by atoms with Crippen molar-refractivity contribution in [1.29, 1.82) is 0 Å². The fourth-order valence-corrected chi connectivity index (χ4v) is 8.29. The van der Waals surface area contributed by atoms with Crippen molar-refractivity contribution in [3.63, 3.8) is 0 Å². The van der Waals surface area contributed by atoms with E-state index in [2.05, 4.69) is 0 Å². The largest absolute Gasteiger partial charge is 0.480 e. The average Bonchev–Trinajstić information content (AvgIpc) is 3.55. The molecule has 2 amide bonds. The van der Waals surface area contributed by atoms with Crippen molar-refractivity contribution in [1.82, 2.24) is 9.80 Å². The van der Waals surface area contributed by atoms with Crippen LogP contribution in [0.4, 0.5) is 0 Å². The Balaban J connectivity index is 1.30. The van der Waals surface area contributed by atoms with Crippen LogP contribution in [0.5, 0.6) is 0 Å². The van der Waals surface area contributed by atoms with Gasteiger partial charge in [-0.3, -0.25) is 9.59 Å². The summed E-state index contributed by atoms with van der Waals surface area (Å²) in [5, 5.41) is 41.9. The zero-order chi connectivity index (χ0) is 30.7. The smallest absolute Gasteiger partial charge is 0.326 e. The quantitative estimate of drug-likeness (QED) is 0.219. The molecular weight excluding hydrogens is 580 g/mol. The number of carbonyl (C=O) groups is 4. The molecule has 226 valence electrons. The van der Waals surface area contributed by atoms with Crippen LogP contribution in [0, 0.1) is 11.8 Å². The van der Waals surface area contributed by atoms with Crippen molar-refractivity contribution in [2.45, 2.75) is 50.0 Å². The lowest BCUT2D eigenvalue weighted by atomic mass is 9.91. The molecule has 2 unspecified atom stereocenters. The van der Waals surface area contributed by atoms with E-state index in [9.17, 15) is 39.6 Å². The van der Waals surface area contributed by atoms with Crippen LogP contribution < -0.4 is 0 Å². The molecule has 2 fully saturated rings. The SMILES string of the molecule is CC(CSSCC(C)C(=O)N1C[C@](O)(c2ccccc2)C[C@H]1C(=O)O)C(=O)N1C[C@](O)(c2ccccc2)C[C@H]1C(=O)O. The summed E-state index contributed by atoms with van der Waals surface area (Å²) in [7, 11) is 2.74. The second kappa shape index (κ2) is 13.1. The Morgan fingerprint density at radius 2 is 1.05 bits per heavy atom.